The van der Waals surface area contributed by atoms with Crippen LogP contribution in [0.15, 0.2) is 41.5 Å². The summed E-state index contributed by atoms with van der Waals surface area (Å²) in [6, 6.07) is 10.3. The maximum Gasteiger partial charge on any atom is 0.126 e. The molecule has 0 heterocycles. The quantitative estimate of drug-likeness (QED) is 0.530. The van der Waals surface area contributed by atoms with E-state index in [0.717, 1.165) is 0 Å². The Labute approximate surface area is 139 Å². The van der Waals surface area contributed by atoms with Gasteiger partial charge in [-0.25, -0.2) is 0 Å². The minimum atomic E-state index is 0.167. The molecule has 0 unspecified atom stereocenters. The molecule has 0 saturated heterocycles. The van der Waals surface area contributed by atoms with E-state index in [-0.39, 0.29) is 5.78 Å². The summed E-state index contributed by atoms with van der Waals surface area (Å²) >= 11 is 0. The lowest BCUT2D eigenvalue weighted by Gasteiger charge is -1.88. The highest BCUT2D eigenvalue weighted by Gasteiger charge is 1.75. The van der Waals surface area contributed by atoms with Gasteiger partial charge in [-0.1, -0.05) is 60.9 Å². The van der Waals surface area contributed by atoms with Crippen molar-refractivity contribution in [3.63, 3.8) is 0 Å². The summed E-state index contributed by atoms with van der Waals surface area (Å²) < 4.78 is 4.25. The molecule has 0 spiro atoms. The lowest BCUT2D eigenvalue weighted by Crippen LogP contribution is -1.69. The minimum Gasteiger partial charge on any atom is -0.388 e. The molecule has 1 rings (SSSR count). The van der Waals surface area contributed by atoms with Crippen LogP contribution >= 0.6 is 0 Å². The molecule has 1 aromatic carbocycles. The van der Waals surface area contributed by atoms with Crippen LogP contribution in [0.25, 0.3) is 0 Å². The lowest BCUT2D eigenvalue weighted by atomic mass is 10.2. The van der Waals surface area contributed by atoms with Gasteiger partial charge in [0, 0.05) is 14.2 Å². The van der Waals surface area contributed by atoms with Gasteiger partial charge in [-0.2, -0.15) is 0 Å². The standard InChI is InChI=1S/C7H8.C6H12.C3H6O.C2H6O.C2H6/c1-7-5-3-2-4-6-7;1-5(2)6(3)4;1-3(2)4;1-3-2;1-2/h2-6H,1H3;1-4H3;1-2H3;1-2H3;1-2H3. The average molecular weight is 311 g/mol. The van der Waals surface area contributed by atoms with Gasteiger partial charge < -0.3 is 9.53 Å². The summed E-state index contributed by atoms with van der Waals surface area (Å²) in [6.45, 7) is 17.6. The summed E-state index contributed by atoms with van der Waals surface area (Å²) in [4.78, 5) is 9.44. The molecule has 0 radical (unpaired) electrons. The van der Waals surface area contributed by atoms with Crippen molar-refractivity contribution in [2.75, 3.05) is 14.2 Å². The van der Waals surface area contributed by atoms with Gasteiger partial charge in [0.2, 0.25) is 0 Å². The normalized spacial score (nSPS) is 7.23. The summed E-state index contributed by atoms with van der Waals surface area (Å²) in [5.41, 5.74) is 4.17. The van der Waals surface area contributed by atoms with E-state index >= 15 is 0 Å². The monoisotopic (exact) mass is 310 g/mol. The van der Waals surface area contributed by atoms with Crippen LogP contribution in [0.2, 0.25) is 0 Å². The zero-order valence-electron chi connectivity index (χ0n) is 16.7. The van der Waals surface area contributed by atoms with Gasteiger partial charge in [-0.05, 0) is 48.5 Å². The van der Waals surface area contributed by atoms with Crippen LogP contribution in [0, 0.1) is 6.92 Å². The van der Waals surface area contributed by atoms with Gasteiger partial charge in [0.25, 0.3) is 0 Å². The Kier molecular flexibility index (Phi) is 32.1. The number of aryl methyl sites for hydroxylation is 1. The van der Waals surface area contributed by atoms with Crippen molar-refractivity contribution < 1.29 is 9.53 Å². The first-order valence-corrected chi connectivity index (χ1v) is 7.68. The summed E-state index contributed by atoms with van der Waals surface area (Å²) in [7, 11) is 3.25. The fourth-order valence-corrected chi connectivity index (χ4v) is 0.534. The largest absolute Gasteiger partial charge is 0.388 e. The first kappa shape index (κ1) is 28.7. The topological polar surface area (TPSA) is 26.3 Å². The van der Waals surface area contributed by atoms with E-state index in [1.165, 1.54) is 30.6 Å². The van der Waals surface area contributed by atoms with E-state index < -0.39 is 0 Å². The number of Topliss-reactive ketones (excluding diaryl/α,β-unsaturated/α-hetero) is 1. The molecule has 0 aromatic heterocycles. The van der Waals surface area contributed by atoms with E-state index in [0.29, 0.717) is 0 Å². The maximum atomic E-state index is 9.44. The predicted molar refractivity (Wildman–Crippen MR) is 102 cm³/mol. The van der Waals surface area contributed by atoms with E-state index in [4.69, 9.17) is 0 Å². The van der Waals surface area contributed by atoms with Crippen molar-refractivity contribution in [3.8, 4) is 0 Å². The minimum absolute atomic E-state index is 0.167. The van der Waals surface area contributed by atoms with Crippen molar-refractivity contribution in [1.82, 2.24) is 0 Å². The Morgan fingerprint density at radius 1 is 0.773 bits per heavy atom. The number of benzene rings is 1. The third kappa shape index (κ3) is 51.3. The maximum absolute atomic E-state index is 9.44. The molecule has 0 N–H and O–H groups in total. The molecule has 0 atom stereocenters. The second-order valence-corrected chi connectivity index (χ2v) is 4.97. The van der Waals surface area contributed by atoms with Crippen molar-refractivity contribution in [2.45, 2.75) is 62.3 Å². The fraction of sp³-hybridized carbons (Fsp3) is 0.550. The first-order chi connectivity index (χ1) is 10.2. The summed E-state index contributed by atoms with van der Waals surface area (Å²) in [5.74, 6) is 0.167. The van der Waals surface area contributed by atoms with Crippen LogP contribution in [-0.2, 0) is 9.53 Å². The number of carbonyl (C=O) groups excluding carboxylic acids is 1. The zero-order chi connectivity index (χ0) is 18.6. The highest BCUT2D eigenvalue weighted by molar-refractivity contribution is 5.72. The number of ether oxygens (including phenoxy) is 1. The molecular weight excluding hydrogens is 272 g/mol. The molecule has 0 saturated carbocycles. The molecular formula is C20H38O2. The van der Waals surface area contributed by atoms with E-state index in [1.54, 1.807) is 14.2 Å². The third-order valence-corrected chi connectivity index (χ3v) is 1.94. The van der Waals surface area contributed by atoms with Gasteiger partial charge in [0.1, 0.15) is 5.78 Å². The van der Waals surface area contributed by atoms with Gasteiger partial charge >= 0.3 is 0 Å². The molecule has 2 heteroatoms. The van der Waals surface area contributed by atoms with Crippen LogP contribution < -0.4 is 0 Å². The second kappa shape index (κ2) is 24.6. The second-order valence-electron chi connectivity index (χ2n) is 4.97. The molecule has 0 aliphatic carbocycles. The molecule has 0 bridgehead atoms. The first-order valence-electron chi connectivity index (χ1n) is 7.68. The smallest absolute Gasteiger partial charge is 0.126 e. The number of methoxy groups -OCH3 is 1. The molecule has 1 aromatic rings. The predicted octanol–water partition coefficient (Wildman–Crippen LogP) is 6.24. The Morgan fingerprint density at radius 3 is 1.09 bits per heavy atom. The van der Waals surface area contributed by atoms with Gasteiger partial charge in [-0.15, -0.1) is 0 Å². The number of ketones is 1. The number of hydrogen-bond donors (Lipinski definition) is 0. The van der Waals surface area contributed by atoms with Crippen molar-refractivity contribution >= 4 is 5.78 Å². The number of hydrogen-bond acceptors (Lipinski definition) is 2. The number of allylic oxidation sites excluding steroid dienone is 2. The van der Waals surface area contributed by atoms with Crippen molar-refractivity contribution in [3.05, 3.63) is 47.0 Å². The molecule has 0 aliphatic rings. The van der Waals surface area contributed by atoms with Crippen LogP contribution in [0.3, 0.4) is 0 Å². The molecule has 0 aliphatic heterocycles. The Morgan fingerprint density at radius 2 is 1.00 bits per heavy atom. The SMILES string of the molecule is CC.CC(C)=C(C)C.CC(C)=O.COC.Cc1ccccc1. The Hall–Kier alpha value is -1.41. The zero-order valence-corrected chi connectivity index (χ0v) is 16.7. The van der Waals surface area contributed by atoms with E-state index in [9.17, 15) is 4.79 Å². The van der Waals surface area contributed by atoms with Gasteiger partial charge in [0.15, 0.2) is 0 Å². The Balaban J connectivity index is -0.0000000991. The summed E-state index contributed by atoms with van der Waals surface area (Å²) in [6.07, 6.45) is 0. The number of carbonyl (C=O) groups is 1. The van der Waals surface area contributed by atoms with Crippen LogP contribution in [0.4, 0.5) is 0 Å². The lowest BCUT2D eigenvalue weighted by molar-refractivity contribution is -0.114. The van der Waals surface area contributed by atoms with Crippen LogP contribution in [0.5, 0.6) is 0 Å². The van der Waals surface area contributed by atoms with Gasteiger partial charge in [0.05, 0.1) is 0 Å². The Bertz CT molecular complexity index is 329. The molecule has 22 heavy (non-hydrogen) atoms. The van der Waals surface area contributed by atoms with E-state index in [2.05, 4.69) is 51.5 Å². The third-order valence-electron chi connectivity index (χ3n) is 1.94. The van der Waals surface area contributed by atoms with Crippen LogP contribution in [0.1, 0.15) is 61.0 Å². The average Bonchev–Trinajstić information content (AvgIpc) is 2.42. The van der Waals surface area contributed by atoms with Crippen LogP contribution in [-0.4, -0.2) is 20.0 Å². The summed E-state index contributed by atoms with van der Waals surface area (Å²) in [5, 5.41) is 0. The molecule has 2 nitrogen and oxygen atoms in total. The molecule has 0 fully saturated rings. The highest BCUT2D eigenvalue weighted by atomic mass is 16.4. The molecule has 130 valence electrons. The number of rotatable bonds is 0. The highest BCUT2D eigenvalue weighted by Crippen LogP contribution is 1.97. The fourth-order valence-electron chi connectivity index (χ4n) is 0.534. The van der Waals surface area contributed by atoms with Crippen molar-refractivity contribution in [2.24, 2.45) is 0 Å². The van der Waals surface area contributed by atoms with E-state index in [1.807, 2.05) is 32.0 Å². The van der Waals surface area contributed by atoms with Crippen molar-refractivity contribution in [1.29, 1.82) is 0 Å². The van der Waals surface area contributed by atoms with Gasteiger partial charge in [-0.3, -0.25) is 0 Å². The molecule has 0 amide bonds.